The molecule has 0 saturated heterocycles. The maximum absolute atomic E-state index is 11.3. The van der Waals surface area contributed by atoms with Crippen LogP contribution in [0.3, 0.4) is 0 Å². The van der Waals surface area contributed by atoms with E-state index in [-0.39, 0.29) is 5.92 Å². The monoisotopic (exact) mass is 156 g/mol. The van der Waals surface area contributed by atoms with Crippen molar-refractivity contribution < 1.29 is 4.79 Å². The van der Waals surface area contributed by atoms with Gasteiger partial charge in [0.2, 0.25) is 0 Å². The van der Waals surface area contributed by atoms with Gasteiger partial charge < -0.3 is 0 Å². The molecule has 10 heavy (non-hydrogen) atoms. The Balaban J connectivity index is 2.56. The first-order valence-corrected chi connectivity index (χ1v) is 4.61. The number of ketones is 1. The Labute approximate surface area is 65.9 Å². The Bertz CT molecular complexity index is 170. The minimum absolute atomic E-state index is 0.171. The first-order valence-electron chi connectivity index (χ1n) is 3.56. The van der Waals surface area contributed by atoms with Crippen molar-refractivity contribution in [2.24, 2.45) is 5.92 Å². The Hall–Kier alpha value is -0.240. The van der Waals surface area contributed by atoms with E-state index in [9.17, 15) is 4.79 Å². The summed E-state index contributed by atoms with van der Waals surface area (Å²) in [7, 11) is 0. The molecule has 0 aromatic heterocycles. The third-order valence-corrected chi connectivity index (χ3v) is 2.45. The first kappa shape index (κ1) is 7.86. The molecule has 1 nitrogen and oxygen atoms in total. The summed E-state index contributed by atoms with van der Waals surface area (Å²) < 4.78 is 0. The second kappa shape index (κ2) is 3.24. The SMILES string of the molecule is CC(C)C(=O)C1=CSCC1. The fraction of sp³-hybridized carbons (Fsp3) is 0.625. The van der Waals surface area contributed by atoms with E-state index in [0.29, 0.717) is 5.78 Å². The molecule has 0 amide bonds. The van der Waals surface area contributed by atoms with Crippen LogP contribution >= 0.6 is 11.8 Å². The number of carbonyl (C=O) groups is 1. The number of hydrogen-bond donors (Lipinski definition) is 0. The average molecular weight is 156 g/mol. The summed E-state index contributed by atoms with van der Waals surface area (Å²) in [5, 5.41) is 2.00. The molecular formula is C8H12OS. The number of allylic oxidation sites excluding steroid dienone is 1. The highest BCUT2D eigenvalue weighted by atomic mass is 32.2. The normalized spacial score (nSPS) is 17.7. The maximum atomic E-state index is 11.3. The van der Waals surface area contributed by atoms with E-state index in [0.717, 1.165) is 17.7 Å². The van der Waals surface area contributed by atoms with E-state index < -0.39 is 0 Å². The van der Waals surface area contributed by atoms with Gasteiger partial charge in [-0.3, -0.25) is 4.79 Å². The summed E-state index contributed by atoms with van der Waals surface area (Å²) in [6, 6.07) is 0. The van der Waals surface area contributed by atoms with Gasteiger partial charge in [0.15, 0.2) is 5.78 Å². The Kier molecular flexibility index (Phi) is 2.55. The molecule has 0 atom stereocenters. The number of hydrogen-bond acceptors (Lipinski definition) is 2. The lowest BCUT2D eigenvalue weighted by Gasteiger charge is -2.02. The molecule has 0 saturated carbocycles. The van der Waals surface area contributed by atoms with Gasteiger partial charge in [-0.25, -0.2) is 0 Å². The van der Waals surface area contributed by atoms with Crippen LogP contribution in [0.1, 0.15) is 20.3 Å². The molecule has 0 bridgehead atoms. The van der Waals surface area contributed by atoms with E-state index in [1.54, 1.807) is 11.8 Å². The summed E-state index contributed by atoms with van der Waals surface area (Å²) in [6.45, 7) is 3.90. The van der Waals surface area contributed by atoms with Crippen LogP contribution in [0.2, 0.25) is 0 Å². The summed E-state index contributed by atoms with van der Waals surface area (Å²) in [5.41, 5.74) is 1.03. The molecule has 0 aliphatic carbocycles. The molecule has 1 rings (SSSR count). The van der Waals surface area contributed by atoms with Crippen molar-refractivity contribution in [2.45, 2.75) is 20.3 Å². The van der Waals surface area contributed by atoms with E-state index >= 15 is 0 Å². The smallest absolute Gasteiger partial charge is 0.161 e. The number of rotatable bonds is 2. The Morgan fingerprint density at radius 2 is 2.40 bits per heavy atom. The summed E-state index contributed by atoms with van der Waals surface area (Å²) in [6.07, 6.45) is 0.974. The van der Waals surface area contributed by atoms with Gasteiger partial charge in [-0.1, -0.05) is 13.8 Å². The lowest BCUT2D eigenvalue weighted by molar-refractivity contribution is -0.118. The van der Waals surface area contributed by atoms with Crippen LogP contribution in [0.25, 0.3) is 0 Å². The quantitative estimate of drug-likeness (QED) is 0.610. The molecule has 0 aromatic rings. The third kappa shape index (κ3) is 1.63. The number of thioether (sulfide) groups is 1. The fourth-order valence-corrected chi connectivity index (χ4v) is 1.83. The molecule has 0 radical (unpaired) electrons. The molecule has 1 heterocycles. The minimum Gasteiger partial charge on any atom is -0.294 e. The van der Waals surface area contributed by atoms with Crippen molar-refractivity contribution in [2.75, 3.05) is 5.75 Å². The Morgan fingerprint density at radius 1 is 1.70 bits per heavy atom. The fourth-order valence-electron chi connectivity index (χ4n) is 0.939. The van der Waals surface area contributed by atoms with E-state index in [1.165, 1.54) is 0 Å². The third-order valence-electron chi connectivity index (χ3n) is 1.56. The maximum Gasteiger partial charge on any atom is 0.161 e. The van der Waals surface area contributed by atoms with Crippen LogP contribution in [0.5, 0.6) is 0 Å². The zero-order valence-corrected chi connectivity index (χ0v) is 7.20. The molecular weight excluding hydrogens is 144 g/mol. The second-order valence-electron chi connectivity index (χ2n) is 2.78. The predicted octanol–water partition coefficient (Wildman–Crippen LogP) is 2.23. The standard InChI is InChI=1S/C8H12OS/c1-6(2)8(9)7-3-4-10-5-7/h5-6H,3-4H2,1-2H3. The van der Waals surface area contributed by atoms with Crippen LogP contribution in [0.15, 0.2) is 11.0 Å². The minimum atomic E-state index is 0.171. The number of carbonyl (C=O) groups excluding carboxylic acids is 1. The zero-order valence-electron chi connectivity index (χ0n) is 6.39. The van der Waals surface area contributed by atoms with E-state index in [2.05, 4.69) is 0 Å². The van der Waals surface area contributed by atoms with Crippen LogP contribution < -0.4 is 0 Å². The van der Waals surface area contributed by atoms with Crippen LogP contribution in [-0.2, 0) is 4.79 Å². The first-order chi connectivity index (χ1) is 4.72. The highest BCUT2D eigenvalue weighted by Crippen LogP contribution is 2.24. The van der Waals surface area contributed by atoms with Crippen LogP contribution in [0.4, 0.5) is 0 Å². The van der Waals surface area contributed by atoms with Gasteiger partial charge in [-0.2, -0.15) is 0 Å². The molecule has 0 spiro atoms. The van der Waals surface area contributed by atoms with Gasteiger partial charge in [0, 0.05) is 17.2 Å². The lowest BCUT2D eigenvalue weighted by atomic mass is 10.0. The van der Waals surface area contributed by atoms with E-state index in [1.807, 2.05) is 19.3 Å². The van der Waals surface area contributed by atoms with Gasteiger partial charge in [-0.15, -0.1) is 11.8 Å². The molecule has 1 aliphatic rings. The largest absolute Gasteiger partial charge is 0.294 e. The molecule has 0 aromatic carbocycles. The zero-order chi connectivity index (χ0) is 7.56. The van der Waals surface area contributed by atoms with Crippen LogP contribution in [-0.4, -0.2) is 11.5 Å². The van der Waals surface area contributed by atoms with Crippen molar-refractivity contribution in [3.63, 3.8) is 0 Å². The highest BCUT2D eigenvalue weighted by molar-refractivity contribution is 8.02. The van der Waals surface area contributed by atoms with Gasteiger partial charge in [0.25, 0.3) is 0 Å². The predicted molar refractivity (Wildman–Crippen MR) is 45.0 cm³/mol. The lowest BCUT2D eigenvalue weighted by Crippen LogP contribution is -2.08. The summed E-state index contributed by atoms with van der Waals surface area (Å²) >= 11 is 1.75. The van der Waals surface area contributed by atoms with Crippen molar-refractivity contribution in [1.82, 2.24) is 0 Å². The van der Waals surface area contributed by atoms with Gasteiger partial charge in [0.1, 0.15) is 0 Å². The van der Waals surface area contributed by atoms with Gasteiger partial charge in [-0.05, 0) is 11.8 Å². The molecule has 1 aliphatic heterocycles. The number of Topliss-reactive ketones (excluding diaryl/α,β-unsaturated/α-hetero) is 1. The molecule has 56 valence electrons. The van der Waals surface area contributed by atoms with Gasteiger partial charge in [0.05, 0.1) is 0 Å². The van der Waals surface area contributed by atoms with Crippen molar-refractivity contribution >= 4 is 17.5 Å². The average Bonchev–Trinajstić information content (AvgIpc) is 2.36. The molecule has 0 fully saturated rings. The van der Waals surface area contributed by atoms with Crippen molar-refractivity contribution in [3.05, 3.63) is 11.0 Å². The highest BCUT2D eigenvalue weighted by Gasteiger charge is 2.15. The molecule has 0 unspecified atom stereocenters. The van der Waals surface area contributed by atoms with Crippen molar-refractivity contribution in [3.8, 4) is 0 Å². The topological polar surface area (TPSA) is 17.1 Å². The molecule has 2 heteroatoms. The summed E-state index contributed by atoms with van der Waals surface area (Å²) in [4.78, 5) is 11.3. The van der Waals surface area contributed by atoms with Crippen LogP contribution in [0, 0.1) is 5.92 Å². The van der Waals surface area contributed by atoms with Crippen molar-refractivity contribution in [1.29, 1.82) is 0 Å². The Morgan fingerprint density at radius 3 is 2.80 bits per heavy atom. The second-order valence-corrected chi connectivity index (χ2v) is 3.76. The van der Waals surface area contributed by atoms with Gasteiger partial charge >= 0.3 is 0 Å². The summed E-state index contributed by atoms with van der Waals surface area (Å²) in [5.74, 6) is 1.59. The molecule has 0 N–H and O–H groups in total. The van der Waals surface area contributed by atoms with E-state index in [4.69, 9.17) is 0 Å².